The number of hydrogen-bond donors (Lipinski definition) is 0. The van der Waals surface area contributed by atoms with E-state index in [0.29, 0.717) is 13.2 Å². The fraction of sp³-hybridized carbons (Fsp3) is 0.500. The molecule has 1 aromatic carbocycles. The summed E-state index contributed by atoms with van der Waals surface area (Å²) in [5.74, 6) is 1.71. The highest BCUT2D eigenvalue weighted by atomic mass is 16.5. The first-order chi connectivity index (χ1) is 10.7. The molecular weight excluding hydrogens is 282 g/mol. The van der Waals surface area contributed by atoms with Crippen LogP contribution in [0.4, 0.5) is 5.82 Å². The van der Waals surface area contributed by atoms with Gasteiger partial charge in [-0.05, 0) is 19.1 Å². The summed E-state index contributed by atoms with van der Waals surface area (Å²) in [5, 5.41) is 0. The third-order valence-corrected chi connectivity index (χ3v) is 3.81. The lowest BCUT2D eigenvalue weighted by Gasteiger charge is -2.34. The molecule has 6 nitrogen and oxygen atoms in total. The Labute approximate surface area is 130 Å². The fourth-order valence-corrected chi connectivity index (χ4v) is 2.74. The highest BCUT2D eigenvalue weighted by molar-refractivity contribution is 5.78. The van der Waals surface area contributed by atoms with Crippen LogP contribution in [0.5, 0.6) is 5.75 Å². The Morgan fingerprint density at radius 2 is 2.14 bits per heavy atom. The molecule has 0 N–H and O–H groups in total. The van der Waals surface area contributed by atoms with E-state index in [0.717, 1.165) is 41.4 Å². The molecular formula is C16H21N3O3. The number of nitrogens with zero attached hydrogens (tertiary/aromatic N) is 3. The van der Waals surface area contributed by atoms with Crippen LogP contribution in [0.3, 0.4) is 0 Å². The number of aromatic nitrogens is 2. The Morgan fingerprint density at radius 3 is 2.91 bits per heavy atom. The molecule has 1 aliphatic heterocycles. The predicted octanol–water partition coefficient (Wildman–Crippen LogP) is 1.80. The summed E-state index contributed by atoms with van der Waals surface area (Å²) < 4.78 is 16.1. The Balaban J connectivity index is 1.91. The van der Waals surface area contributed by atoms with Gasteiger partial charge in [-0.3, -0.25) is 0 Å². The molecule has 1 aliphatic rings. The van der Waals surface area contributed by atoms with Crippen LogP contribution in [0.1, 0.15) is 5.69 Å². The minimum Gasteiger partial charge on any atom is -0.497 e. The minimum absolute atomic E-state index is 0.0755. The van der Waals surface area contributed by atoms with E-state index in [-0.39, 0.29) is 6.10 Å². The number of aryl methyl sites for hydroxylation is 1. The number of rotatable bonds is 4. The lowest BCUT2D eigenvalue weighted by molar-refractivity contribution is -0.0102. The summed E-state index contributed by atoms with van der Waals surface area (Å²) in [6, 6.07) is 5.76. The maximum Gasteiger partial charge on any atom is 0.150 e. The molecule has 0 bridgehead atoms. The summed E-state index contributed by atoms with van der Waals surface area (Å²) in [4.78, 5) is 11.7. The van der Waals surface area contributed by atoms with Crippen molar-refractivity contribution in [2.75, 3.05) is 45.4 Å². The molecule has 2 heterocycles. The van der Waals surface area contributed by atoms with Crippen LogP contribution < -0.4 is 9.64 Å². The molecule has 0 saturated carbocycles. The van der Waals surface area contributed by atoms with Gasteiger partial charge in [0.05, 0.1) is 43.2 Å². The Morgan fingerprint density at radius 1 is 1.27 bits per heavy atom. The monoisotopic (exact) mass is 303 g/mol. The Bertz CT molecular complexity index is 660. The second-order valence-corrected chi connectivity index (χ2v) is 5.38. The van der Waals surface area contributed by atoms with E-state index in [1.807, 2.05) is 25.1 Å². The molecule has 0 spiro atoms. The van der Waals surface area contributed by atoms with Crippen molar-refractivity contribution in [2.24, 2.45) is 0 Å². The van der Waals surface area contributed by atoms with E-state index >= 15 is 0 Å². The molecule has 1 aromatic heterocycles. The van der Waals surface area contributed by atoms with Crippen molar-refractivity contribution in [1.82, 2.24) is 9.97 Å². The van der Waals surface area contributed by atoms with Crippen molar-refractivity contribution in [2.45, 2.75) is 13.0 Å². The van der Waals surface area contributed by atoms with Gasteiger partial charge in [-0.15, -0.1) is 0 Å². The maximum atomic E-state index is 5.70. The molecule has 1 saturated heterocycles. The van der Waals surface area contributed by atoms with Gasteiger partial charge in [0, 0.05) is 26.3 Å². The molecule has 0 unspecified atom stereocenters. The van der Waals surface area contributed by atoms with Gasteiger partial charge in [-0.25, -0.2) is 9.97 Å². The Hall–Kier alpha value is -1.92. The van der Waals surface area contributed by atoms with Gasteiger partial charge in [-0.1, -0.05) is 0 Å². The number of ether oxygens (including phenoxy) is 3. The van der Waals surface area contributed by atoms with Gasteiger partial charge in [-0.2, -0.15) is 0 Å². The summed E-state index contributed by atoms with van der Waals surface area (Å²) in [6.07, 6.45) is 0.0755. The fourth-order valence-electron chi connectivity index (χ4n) is 2.74. The molecule has 1 atom stereocenters. The average molecular weight is 303 g/mol. The van der Waals surface area contributed by atoms with Crippen molar-refractivity contribution < 1.29 is 14.2 Å². The number of hydrogen-bond acceptors (Lipinski definition) is 6. The van der Waals surface area contributed by atoms with Crippen LogP contribution >= 0.6 is 0 Å². The van der Waals surface area contributed by atoms with E-state index < -0.39 is 0 Å². The first-order valence-corrected chi connectivity index (χ1v) is 7.39. The first kappa shape index (κ1) is 15.0. The van der Waals surface area contributed by atoms with Crippen molar-refractivity contribution >= 4 is 16.9 Å². The number of anilines is 1. The van der Waals surface area contributed by atoms with E-state index in [1.165, 1.54) is 0 Å². The van der Waals surface area contributed by atoms with Gasteiger partial charge in [0.15, 0.2) is 5.82 Å². The van der Waals surface area contributed by atoms with Gasteiger partial charge in [0.2, 0.25) is 0 Å². The molecule has 118 valence electrons. The largest absolute Gasteiger partial charge is 0.497 e. The van der Waals surface area contributed by atoms with E-state index in [9.17, 15) is 0 Å². The summed E-state index contributed by atoms with van der Waals surface area (Å²) in [6.45, 7) is 4.84. The maximum absolute atomic E-state index is 5.70. The van der Waals surface area contributed by atoms with Crippen LogP contribution in [0.25, 0.3) is 11.0 Å². The highest BCUT2D eigenvalue weighted by Gasteiger charge is 2.23. The quantitative estimate of drug-likeness (QED) is 0.858. The number of methoxy groups -OCH3 is 2. The van der Waals surface area contributed by atoms with Crippen LogP contribution in [0.15, 0.2) is 18.2 Å². The zero-order valence-electron chi connectivity index (χ0n) is 13.2. The second kappa shape index (κ2) is 6.46. The van der Waals surface area contributed by atoms with Crippen molar-refractivity contribution in [3.8, 4) is 5.75 Å². The van der Waals surface area contributed by atoms with Gasteiger partial charge in [0.25, 0.3) is 0 Å². The third kappa shape index (κ3) is 2.98. The zero-order chi connectivity index (χ0) is 15.5. The molecule has 22 heavy (non-hydrogen) atoms. The van der Waals surface area contributed by atoms with Crippen LogP contribution in [-0.2, 0) is 9.47 Å². The number of fused-ring (bicyclic) bond motifs is 1. The predicted molar refractivity (Wildman–Crippen MR) is 84.7 cm³/mol. The summed E-state index contributed by atoms with van der Waals surface area (Å²) in [5.41, 5.74) is 2.64. The standard InChI is InChI=1S/C16H21N3O3/c1-11-16(19-6-7-22-13(9-19)10-20-2)18-14-5-4-12(21-3)8-15(14)17-11/h4-5,8,13H,6-7,9-10H2,1-3H3/t13-/m1/s1. The lowest BCUT2D eigenvalue weighted by Crippen LogP contribution is -2.45. The van der Waals surface area contributed by atoms with Crippen molar-refractivity contribution in [1.29, 1.82) is 0 Å². The second-order valence-electron chi connectivity index (χ2n) is 5.38. The van der Waals surface area contributed by atoms with E-state index in [2.05, 4.69) is 9.88 Å². The molecule has 6 heteroatoms. The molecule has 2 aromatic rings. The smallest absolute Gasteiger partial charge is 0.150 e. The normalized spacial score (nSPS) is 18.7. The number of benzene rings is 1. The average Bonchev–Trinajstić information content (AvgIpc) is 2.54. The van der Waals surface area contributed by atoms with Crippen molar-refractivity contribution in [3.63, 3.8) is 0 Å². The zero-order valence-corrected chi connectivity index (χ0v) is 13.2. The SMILES string of the molecule is COC[C@H]1CN(c2nc3ccc(OC)cc3nc2C)CCO1. The summed E-state index contributed by atoms with van der Waals surface area (Å²) >= 11 is 0. The first-order valence-electron chi connectivity index (χ1n) is 7.39. The van der Waals surface area contributed by atoms with Crippen LogP contribution in [-0.4, -0.2) is 56.6 Å². The molecule has 1 fully saturated rings. The van der Waals surface area contributed by atoms with Crippen LogP contribution in [0, 0.1) is 6.92 Å². The van der Waals surface area contributed by atoms with E-state index in [1.54, 1.807) is 14.2 Å². The Kier molecular flexibility index (Phi) is 4.40. The van der Waals surface area contributed by atoms with Gasteiger partial charge < -0.3 is 19.1 Å². The summed E-state index contributed by atoms with van der Waals surface area (Å²) in [7, 11) is 3.34. The third-order valence-electron chi connectivity index (χ3n) is 3.81. The minimum atomic E-state index is 0.0755. The molecule has 3 rings (SSSR count). The van der Waals surface area contributed by atoms with Crippen molar-refractivity contribution in [3.05, 3.63) is 23.9 Å². The number of morpholine rings is 1. The van der Waals surface area contributed by atoms with E-state index in [4.69, 9.17) is 19.2 Å². The van der Waals surface area contributed by atoms with Crippen LogP contribution in [0.2, 0.25) is 0 Å². The lowest BCUT2D eigenvalue weighted by atomic mass is 10.2. The molecule has 0 radical (unpaired) electrons. The van der Waals surface area contributed by atoms with Gasteiger partial charge in [0.1, 0.15) is 5.75 Å². The molecule has 0 amide bonds. The molecule has 0 aliphatic carbocycles. The van der Waals surface area contributed by atoms with Gasteiger partial charge >= 0.3 is 0 Å². The highest BCUT2D eigenvalue weighted by Crippen LogP contribution is 2.24. The topological polar surface area (TPSA) is 56.7 Å².